The first-order chi connectivity index (χ1) is 20.9. The van der Waals surface area contributed by atoms with Crippen molar-refractivity contribution in [3.63, 3.8) is 0 Å². The van der Waals surface area contributed by atoms with Gasteiger partial charge in [-0.1, -0.05) is 60.1 Å². The SMILES string of the molecule is C[C@H]1[C@H](C)CC[C@]2(C(=O)O)CC[C@]3(C)C4=CC[C@@H]5C(C)(C)[C@@H](O[C@@H]6O[C@H](C(=O)O)[C@@H](O)[C@H](O)[C@H]6O)CC[C@]5(C)[C@H]4CC[C@@]3(C)[C@H]12. The Bertz CT molecular complexity index is 1250. The fourth-order valence-corrected chi connectivity index (χ4v) is 12.5. The molecule has 0 bridgehead atoms. The highest BCUT2D eigenvalue weighted by molar-refractivity contribution is 5.76. The van der Waals surface area contributed by atoms with Crippen LogP contribution in [0.1, 0.15) is 106 Å². The summed E-state index contributed by atoms with van der Waals surface area (Å²) in [6, 6.07) is 0. The minimum absolute atomic E-state index is 0.00403. The fourth-order valence-electron chi connectivity index (χ4n) is 12.5. The largest absolute Gasteiger partial charge is 0.481 e. The van der Waals surface area contributed by atoms with E-state index in [0.717, 1.165) is 51.4 Å². The fraction of sp³-hybridized carbons (Fsp3) is 0.889. The standard InChI is InChI=1S/C36H56O9/c1-18-10-15-36(31(42)43)17-16-34(6)21-8-9-22-32(3,4)23(44-30-26(39)24(37)25(38)27(45-30)29(40)41)12-13-33(22,5)20(21)11-14-35(34,7)28(36)19(18)2/h8,18-20,22-28,30,37-39H,9-17H2,1-7H3,(H,40,41)(H,42,43)/t18-,19+,20+,22-,23+,24+,25+,26-,27+,28+,30-,33-,34-,35+,36+/m1/s1. The van der Waals surface area contributed by atoms with Crippen molar-refractivity contribution in [3.8, 4) is 0 Å². The van der Waals surface area contributed by atoms with Gasteiger partial charge in [-0.25, -0.2) is 4.79 Å². The highest BCUT2D eigenvalue weighted by atomic mass is 16.7. The molecule has 0 spiro atoms. The van der Waals surface area contributed by atoms with Crippen LogP contribution < -0.4 is 0 Å². The lowest BCUT2D eigenvalue weighted by atomic mass is 9.33. The van der Waals surface area contributed by atoms with Crippen molar-refractivity contribution in [2.45, 2.75) is 143 Å². The van der Waals surface area contributed by atoms with Gasteiger partial charge in [0.25, 0.3) is 0 Å². The maximum absolute atomic E-state index is 13.0. The van der Waals surface area contributed by atoms with Gasteiger partial charge in [0.1, 0.15) is 18.3 Å². The highest BCUT2D eigenvalue weighted by Gasteiger charge is 2.70. The van der Waals surface area contributed by atoms with Gasteiger partial charge in [0.15, 0.2) is 12.4 Å². The lowest BCUT2D eigenvalue weighted by Crippen LogP contribution is -2.66. The van der Waals surface area contributed by atoms with Gasteiger partial charge >= 0.3 is 11.9 Å². The Kier molecular flexibility index (Phi) is 7.97. The Balaban J connectivity index is 1.30. The monoisotopic (exact) mass is 632 g/mol. The van der Waals surface area contributed by atoms with Gasteiger partial charge < -0.3 is 35.0 Å². The molecule has 6 rings (SSSR count). The van der Waals surface area contributed by atoms with Crippen molar-refractivity contribution in [3.05, 3.63) is 11.6 Å². The number of fused-ring (bicyclic) bond motifs is 7. The quantitative estimate of drug-likeness (QED) is 0.269. The van der Waals surface area contributed by atoms with Crippen LogP contribution in [0.3, 0.4) is 0 Å². The van der Waals surface area contributed by atoms with E-state index in [9.17, 15) is 35.1 Å². The molecule has 0 unspecified atom stereocenters. The van der Waals surface area contributed by atoms with Crippen LogP contribution in [0.25, 0.3) is 0 Å². The summed E-state index contributed by atoms with van der Waals surface area (Å²) in [5, 5.41) is 51.5. The van der Waals surface area contributed by atoms with Crippen LogP contribution >= 0.6 is 0 Å². The van der Waals surface area contributed by atoms with Crippen LogP contribution in [0.2, 0.25) is 0 Å². The number of hydrogen-bond acceptors (Lipinski definition) is 7. The molecule has 0 radical (unpaired) electrons. The van der Waals surface area contributed by atoms with Crippen LogP contribution in [-0.4, -0.2) is 74.3 Å². The second-order valence-electron chi connectivity index (χ2n) is 17.3. The van der Waals surface area contributed by atoms with E-state index in [1.54, 1.807) is 5.57 Å². The number of rotatable bonds is 4. The Labute approximate surface area is 267 Å². The lowest BCUT2D eigenvalue weighted by Gasteiger charge is -2.71. The predicted molar refractivity (Wildman–Crippen MR) is 166 cm³/mol. The van der Waals surface area contributed by atoms with Crippen LogP contribution in [0, 0.1) is 56.7 Å². The zero-order valence-electron chi connectivity index (χ0n) is 28.2. The van der Waals surface area contributed by atoms with Crippen LogP contribution in [0.5, 0.6) is 0 Å². The first-order valence-corrected chi connectivity index (χ1v) is 17.4. The molecule has 254 valence electrons. The number of carboxylic acid groups (broad SMARTS) is 2. The van der Waals surface area contributed by atoms with E-state index < -0.39 is 48.1 Å². The average molecular weight is 633 g/mol. The molecule has 0 amide bonds. The Morgan fingerprint density at radius 3 is 2.20 bits per heavy atom. The summed E-state index contributed by atoms with van der Waals surface area (Å²) >= 11 is 0. The summed E-state index contributed by atoms with van der Waals surface area (Å²) in [4.78, 5) is 24.7. The zero-order valence-corrected chi connectivity index (χ0v) is 28.2. The van der Waals surface area contributed by atoms with Gasteiger partial charge in [0.2, 0.25) is 0 Å². The van der Waals surface area contributed by atoms with E-state index in [4.69, 9.17) is 9.47 Å². The third kappa shape index (κ3) is 4.42. The smallest absolute Gasteiger partial charge is 0.335 e. The molecule has 5 N–H and O–H groups in total. The zero-order chi connectivity index (χ0) is 33.1. The van der Waals surface area contributed by atoms with Gasteiger partial charge in [0.05, 0.1) is 11.5 Å². The average Bonchev–Trinajstić information content (AvgIpc) is 2.96. The molecular formula is C36H56O9. The van der Waals surface area contributed by atoms with E-state index in [-0.39, 0.29) is 39.6 Å². The van der Waals surface area contributed by atoms with Gasteiger partial charge in [-0.2, -0.15) is 0 Å². The Morgan fingerprint density at radius 2 is 1.56 bits per heavy atom. The van der Waals surface area contributed by atoms with Crippen molar-refractivity contribution in [2.75, 3.05) is 0 Å². The molecule has 9 heteroatoms. The van der Waals surface area contributed by atoms with Crippen LogP contribution in [0.4, 0.5) is 0 Å². The normalized spacial score (nSPS) is 54.0. The summed E-state index contributed by atoms with van der Waals surface area (Å²) in [6.07, 6.45) is 2.02. The molecule has 15 atom stereocenters. The van der Waals surface area contributed by atoms with Gasteiger partial charge in [-0.15, -0.1) is 0 Å². The maximum atomic E-state index is 13.0. The molecule has 1 heterocycles. The Hall–Kier alpha value is -1.52. The topological polar surface area (TPSA) is 154 Å². The van der Waals surface area contributed by atoms with Crippen molar-refractivity contribution < 1.29 is 44.6 Å². The summed E-state index contributed by atoms with van der Waals surface area (Å²) < 4.78 is 11.9. The molecule has 6 aliphatic rings. The van der Waals surface area contributed by atoms with Gasteiger partial charge in [-0.3, -0.25) is 4.79 Å². The Morgan fingerprint density at radius 1 is 0.867 bits per heavy atom. The van der Waals surface area contributed by atoms with Crippen molar-refractivity contribution in [1.29, 1.82) is 0 Å². The second-order valence-corrected chi connectivity index (χ2v) is 17.3. The van der Waals surface area contributed by atoms with Crippen molar-refractivity contribution in [2.24, 2.45) is 56.7 Å². The number of allylic oxidation sites excluding steroid dienone is 2. The van der Waals surface area contributed by atoms with Crippen molar-refractivity contribution in [1.82, 2.24) is 0 Å². The molecule has 45 heavy (non-hydrogen) atoms. The summed E-state index contributed by atoms with van der Waals surface area (Å²) in [7, 11) is 0. The molecule has 0 aromatic heterocycles. The highest BCUT2D eigenvalue weighted by Crippen LogP contribution is 2.76. The molecule has 4 saturated carbocycles. The van der Waals surface area contributed by atoms with E-state index in [0.29, 0.717) is 24.2 Å². The predicted octanol–water partition coefficient (Wildman–Crippen LogP) is 5.01. The third-order valence-corrected chi connectivity index (χ3v) is 15.4. The number of ether oxygens (including phenoxy) is 2. The second kappa shape index (κ2) is 10.7. The minimum Gasteiger partial charge on any atom is -0.481 e. The van der Waals surface area contributed by atoms with Crippen molar-refractivity contribution >= 4 is 11.9 Å². The molecule has 1 aliphatic heterocycles. The molecule has 1 saturated heterocycles. The van der Waals surface area contributed by atoms with E-state index in [1.807, 2.05) is 0 Å². The number of hydrogen-bond donors (Lipinski definition) is 5. The number of carbonyl (C=O) groups is 2. The molecule has 5 fully saturated rings. The molecule has 5 aliphatic carbocycles. The lowest BCUT2D eigenvalue weighted by molar-refractivity contribution is -0.320. The van der Waals surface area contributed by atoms with Gasteiger partial charge in [-0.05, 0) is 109 Å². The van der Waals surface area contributed by atoms with E-state index in [2.05, 4.69) is 54.5 Å². The van der Waals surface area contributed by atoms with E-state index >= 15 is 0 Å². The van der Waals surface area contributed by atoms with Gasteiger partial charge in [0, 0.05) is 0 Å². The molecule has 0 aromatic carbocycles. The van der Waals surface area contributed by atoms with E-state index in [1.165, 1.54) is 0 Å². The molecule has 9 nitrogen and oxygen atoms in total. The number of aliphatic hydroxyl groups is 3. The molecular weight excluding hydrogens is 576 g/mol. The number of carboxylic acids is 2. The summed E-state index contributed by atoms with van der Waals surface area (Å²) in [6.45, 7) is 16.3. The van der Waals surface area contributed by atoms with Crippen LogP contribution in [0.15, 0.2) is 11.6 Å². The first-order valence-electron chi connectivity index (χ1n) is 17.4. The summed E-state index contributed by atoms with van der Waals surface area (Å²) in [5.74, 6) is -0.359. The van der Waals surface area contributed by atoms with Crippen LogP contribution in [-0.2, 0) is 19.1 Å². The number of aliphatic carboxylic acids is 2. The summed E-state index contributed by atoms with van der Waals surface area (Å²) in [5.41, 5.74) is 0.385. The third-order valence-electron chi connectivity index (χ3n) is 15.4. The minimum atomic E-state index is -1.75. The number of aliphatic hydroxyl groups excluding tert-OH is 3. The maximum Gasteiger partial charge on any atom is 0.335 e. The first kappa shape index (κ1) is 33.4. The molecule has 0 aromatic rings.